The number of carbonyl (C=O) groups excluding carboxylic acids is 1. The Balaban J connectivity index is 2.28. The van der Waals surface area contributed by atoms with Crippen LogP contribution in [-0.4, -0.2) is 29.7 Å². The van der Waals surface area contributed by atoms with Crippen LogP contribution in [0.15, 0.2) is 5.10 Å². The van der Waals surface area contributed by atoms with E-state index in [0.717, 1.165) is 31.5 Å². The van der Waals surface area contributed by atoms with Crippen molar-refractivity contribution >= 4 is 11.6 Å². The predicted molar refractivity (Wildman–Crippen MR) is 52.3 cm³/mol. The van der Waals surface area contributed by atoms with Crippen molar-refractivity contribution in [3.05, 3.63) is 0 Å². The maximum Gasteiger partial charge on any atom is 0.238 e. The van der Waals surface area contributed by atoms with E-state index in [4.69, 9.17) is 11.0 Å². The average molecular weight is 194 g/mol. The lowest BCUT2D eigenvalue weighted by Crippen LogP contribution is -2.28. The molecule has 1 aliphatic rings. The van der Waals surface area contributed by atoms with Gasteiger partial charge in [-0.05, 0) is 12.8 Å². The minimum Gasteiger partial charge on any atom is -0.368 e. The van der Waals surface area contributed by atoms with E-state index in [-0.39, 0.29) is 12.5 Å². The number of unbranched alkanes of at least 4 members (excludes halogenated alkanes) is 1. The minimum absolute atomic E-state index is 0.196. The van der Waals surface area contributed by atoms with Crippen molar-refractivity contribution in [2.75, 3.05) is 13.1 Å². The van der Waals surface area contributed by atoms with E-state index in [1.807, 2.05) is 0 Å². The number of nitrogens with two attached hydrogens (primary N) is 1. The summed E-state index contributed by atoms with van der Waals surface area (Å²) in [7, 11) is 0. The van der Waals surface area contributed by atoms with Crippen molar-refractivity contribution in [1.29, 1.82) is 5.26 Å². The van der Waals surface area contributed by atoms with Crippen LogP contribution in [0.2, 0.25) is 0 Å². The van der Waals surface area contributed by atoms with E-state index in [2.05, 4.69) is 11.2 Å². The molecule has 0 aromatic rings. The Hall–Kier alpha value is -1.57. The van der Waals surface area contributed by atoms with Gasteiger partial charge in [0.15, 0.2) is 0 Å². The molecule has 0 atom stereocenters. The number of amides is 1. The van der Waals surface area contributed by atoms with Gasteiger partial charge in [-0.3, -0.25) is 9.80 Å². The molecule has 0 radical (unpaired) electrons. The van der Waals surface area contributed by atoms with Crippen LogP contribution in [0.3, 0.4) is 0 Å². The number of rotatable bonds is 5. The zero-order valence-electron chi connectivity index (χ0n) is 8.07. The predicted octanol–water partition coefficient (Wildman–Crippen LogP) is 0.227. The molecule has 0 unspecified atom stereocenters. The summed E-state index contributed by atoms with van der Waals surface area (Å²) in [5.74, 6) is -0.355. The van der Waals surface area contributed by atoms with Gasteiger partial charge in [-0.15, -0.1) is 0 Å². The summed E-state index contributed by atoms with van der Waals surface area (Å²) >= 11 is 0. The lowest BCUT2D eigenvalue weighted by atomic mass is 10.1. The lowest BCUT2D eigenvalue weighted by Gasteiger charge is -2.09. The summed E-state index contributed by atoms with van der Waals surface area (Å²) in [4.78, 5) is 10.6. The highest BCUT2D eigenvalue weighted by Gasteiger charge is 2.14. The van der Waals surface area contributed by atoms with E-state index in [0.29, 0.717) is 6.42 Å². The van der Waals surface area contributed by atoms with Crippen molar-refractivity contribution in [1.82, 2.24) is 5.01 Å². The zero-order chi connectivity index (χ0) is 10.4. The number of nitriles is 1. The first-order valence-electron chi connectivity index (χ1n) is 4.69. The molecule has 1 heterocycles. The third-order valence-electron chi connectivity index (χ3n) is 2.03. The Morgan fingerprint density at radius 1 is 1.71 bits per heavy atom. The Morgan fingerprint density at radius 3 is 3.14 bits per heavy atom. The molecule has 0 saturated carbocycles. The summed E-state index contributed by atoms with van der Waals surface area (Å²) in [6, 6.07) is 2.09. The summed E-state index contributed by atoms with van der Waals surface area (Å²) in [6.45, 7) is 0.965. The molecule has 2 N–H and O–H groups in total. The van der Waals surface area contributed by atoms with Crippen LogP contribution in [-0.2, 0) is 4.79 Å². The largest absolute Gasteiger partial charge is 0.368 e. The quantitative estimate of drug-likeness (QED) is 0.636. The molecule has 1 amide bonds. The van der Waals surface area contributed by atoms with Crippen LogP contribution >= 0.6 is 0 Å². The van der Waals surface area contributed by atoms with Gasteiger partial charge in [0.25, 0.3) is 0 Å². The summed E-state index contributed by atoms with van der Waals surface area (Å²) in [5.41, 5.74) is 6.12. The van der Waals surface area contributed by atoms with Gasteiger partial charge in [-0.25, -0.2) is 0 Å². The second-order valence-corrected chi connectivity index (χ2v) is 3.28. The minimum atomic E-state index is -0.355. The van der Waals surface area contributed by atoms with Gasteiger partial charge in [0.2, 0.25) is 5.91 Å². The first-order valence-corrected chi connectivity index (χ1v) is 4.69. The smallest absolute Gasteiger partial charge is 0.238 e. The first-order chi connectivity index (χ1) is 6.72. The number of hydrogen-bond donors (Lipinski definition) is 1. The van der Waals surface area contributed by atoms with Gasteiger partial charge < -0.3 is 5.73 Å². The molecule has 0 aliphatic carbocycles. The summed E-state index contributed by atoms with van der Waals surface area (Å²) < 4.78 is 0. The number of carbonyl (C=O) groups is 1. The van der Waals surface area contributed by atoms with Gasteiger partial charge in [0.05, 0.1) is 6.07 Å². The van der Waals surface area contributed by atoms with Crippen molar-refractivity contribution < 1.29 is 4.79 Å². The van der Waals surface area contributed by atoms with Gasteiger partial charge in [-0.1, -0.05) is 0 Å². The van der Waals surface area contributed by atoms with E-state index < -0.39 is 0 Å². The molecule has 0 bridgehead atoms. The maximum atomic E-state index is 10.6. The van der Waals surface area contributed by atoms with Gasteiger partial charge in [0.1, 0.15) is 6.54 Å². The first kappa shape index (κ1) is 10.5. The molecular formula is C9H14N4O. The Bertz CT molecular complexity index is 279. The fourth-order valence-electron chi connectivity index (χ4n) is 1.40. The lowest BCUT2D eigenvalue weighted by molar-refractivity contribution is -0.119. The monoisotopic (exact) mass is 194 g/mol. The van der Waals surface area contributed by atoms with E-state index in [1.165, 1.54) is 0 Å². The Morgan fingerprint density at radius 2 is 2.50 bits per heavy atom. The number of hydrogen-bond acceptors (Lipinski definition) is 4. The average Bonchev–Trinajstić information content (AvgIpc) is 2.52. The van der Waals surface area contributed by atoms with Crippen LogP contribution in [0, 0.1) is 11.3 Å². The molecule has 5 nitrogen and oxygen atoms in total. The number of primary amides is 1. The highest BCUT2D eigenvalue weighted by molar-refractivity contribution is 5.86. The fraction of sp³-hybridized carbons (Fsp3) is 0.667. The van der Waals surface area contributed by atoms with Crippen molar-refractivity contribution in [3.8, 4) is 6.07 Å². The Kier molecular flexibility index (Phi) is 3.92. The van der Waals surface area contributed by atoms with Gasteiger partial charge >= 0.3 is 0 Å². The molecule has 76 valence electrons. The van der Waals surface area contributed by atoms with Gasteiger partial charge in [-0.2, -0.15) is 10.4 Å². The standard InChI is InChI=1S/C9H14N4O/c10-5-2-1-3-8-4-6-13(12-8)7-9(11)14/h1-4,6-7H2,(H2,11,14). The second-order valence-electron chi connectivity index (χ2n) is 3.28. The molecule has 14 heavy (non-hydrogen) atoms. The SMILES string of the molecule is N#CCCCC1=NN(CC(N)=O)CC1. The summed E-state index contributed by atoms with van der Waals surface area (Å²) in [6.07, 6.45) is 3.15. The van der Waals surface area contributed by atoms with Crippen LogP contribution in [0.4, 0.5) is 0 Å². The fourth-order valence-corrected chi connectivity index (χ4v) is 1.40. The third-order valence-corrected chi connectivity index (χ3v) is 2.03. The van der Waals surface area contributed by atoms with Crippen LogP contribution < -0.4 is 5.73 Å². The Labute approximate surface area is 83.2 Å². The molecule has 0 saturated heterocycles. The maximum absolute atomic E-state index is 10.6. The molecule has 0 spiro atoms. The topological polar surface area (TPSA) is 82.5 Å². The van der Waals surface area contributed by atoms with Crippen LogP contribution in [0.25, 0.3) is 0 Å². The molecule has 1 rings (SSSR count). The molecule has 5 heteroatoms. The van der Waals surface area contributed by atoms with Crippen molar-refractivity contribution in [2.24, 2.45) is 10.8 Å². The van der Waals surface area contributed by atoms with E-state index in [1.54, 1.807) is 5.01 Å². The second kappa shape index (κ2) is 5.22. The van der Waals surface area contributed by atoms with E-state index >= 15 is 0 Å². The molecule has 0 aromatic carbocycles. The zero-order valence-corrected chi connectivity index (χ0v) is 8.07. The van der Waals surface area contributed by atoms with Crippen molar-refractivity contribution in [3.63, 3.8) is 0 Å². The van der Waals surface area contributed by atoms with Crippen LogP contribution in [0.1, 0.15) is 25.7 Å². The van der Waals surface area contributed by atoms with E-state index in [9.17, 15) is 4.79 Å². The number of hydrazone groups is 1. The molecule has 0 fully saturated rings. The molecule has 1 aliphatic heterocycles. The highest BCUT2D eigenvalue weighted by Crippen LogP contribution is 2.10. The summed E-state index contributed by atoms with van der Waals surface area (Å²) in [5, 5.41) is 14.3. The molecular weight excluding hydrogens is 180 g/mol. The van der Waals surface area contributed by atoms with Gasteiger partial charge in [0, 0.05) is 25.1 Å². The highest BCUT2D eigenvalue weighted by atomic mass is 16.1. The normalized spacial score (nSPS) is 15.1. The molecule has 0 aromatic heterocycles. The van der Waals surface area contributed by atoms with Crippen LogP contribution in [0.5, 0.6) is 0 Å². The third kappa shape index (κ3) is 3.44. The number of nitrogens with zero attached hydrogens (tertiary/aromatic N) is 3. The van der Waals surface area contributed by atoms with Crippen molar-refractivity contribution in [2.45, 2.75) is 25.7 Å².